The van der Waals surface area contributed by atoms with Gasteiger partial charge in [-0.3, -0.25) is 0 Å². The van der Waals surface area contributed by atoms with E-state index in [9.17, 15) is 0 Å². The van der Waals surface area contributed by atoms with Crippen LogP contribution >= 0.6 is 0 Å². The molecule has 13 rings (SSSR count). The van der Waals surface area contributed by atoms with E-state index in [1.165, 1.54) is 133 Å². The Kier molecular flexibility index (Phi) is 21.5. The number of hydrogen-bond donors (Lipinski definition) is 0. The third-order valence-electron chi connectivity index (χ3n) is 14.0. The van der Waals surface area contributed by atoms with Gasteiger partial charge in [-0.15, -0.1) is 0 Å². The summed E-state index contributed by atoms with van der Waals surface area (Å²) in [5.41, 5.74) is 5.71. The molecule has 9 aromatic rings. The first-order valence-electron chi connectivity index (χ1n) is 26.3. The zero-order valence-corrected chi connectivity index (χ0v) is 40.8. The molecule has 0 bridgehead atoms. The van der Waals surface area contributed by atoms with Gasteiger partial charge in [0.05, 0.1) is 0 Å². The average molecular weight is 893 g/mol. The summed E-state index contributed by atoms with van der Waals surface area (Å²) in [6.07, 6.45) is 26.7. The normalized spacial score (nSPS) is 16.6. The molecule has 0 nitrogen and oxygen atoms in total. The van der Waals surface area contributed by atoms with Gasteiger partial charge >= 0.3 is 0 Å². The highest BCUT2D eigenvalue weighted by Crippen LogP contribution is 2.40. The second-order valence-corrected chi connectivity index (χ2v) is 19.0. The van der Waals surface area contributed by atoms with Crippen molar-refractivity contribution in [1.82, 2.24) is 0 Å². The molecule has 3 saturated carbocycles. The summed E-state index contributed by atoms with van der Waals surface area (Å²) in [5.74, 6) is 2.31. The van der Waals surface area contributed by atoms with Gasteiger partial charge in [0.2, 0.25) is 0 Å². The Morgan fingerprint density at radius 1 is 0.206 bits per heavy atom. The van der Waals surface area contributed by atoms with Gasteiger partial charge in [0.25, 0.3) is 0 Å². The molecule has 0 aromatic heterocycles. The Balaban J connectivity index is 0.000000119. The third-order valence-corrected chi connectivity index (χ3v) is 14.0. The molecule has 348 valence electrons. The fourth-order valence-electron chi connectivity index (χ4n) is 10.3. The highest BCUT2D eigenvalue weighted by atomic mass is 14.3. The zero-order valence-electron chi connectivity index (χ0n) is 40.8. The molecule has 0 atom stereocenters. The molecule has 0 spiro atoms. The maximum absolute atomic E-state index is 2.26. The third kappa shape index (κ3) is 17.1. The zero-order chi connectivity index (χ0) is 46.5. The number of rotatable bonds is 1. The Morgan fingerprint density at radius 3 is 0.735 bits per heavy atom. The Hall–Kier alpha value is -6.24. The van der Waals surface area contributed by atoms with E-state index in [4.69, 9.17) is 0 Å². The van der Waals surface area contributed by atoms with E-state index in [2.05, 4.69) is 182 Å². The van der Waals surface area contributed by atoms with E-state index < -0.39 is 0 Å². The molecule has 0 aliphatic heterocycles. The van der Waals surface area contributed by atoms with E-state index in [1.807, 2.05) is 48.5 Å². The van der Waals surface area contributed by atoms with Crippen LogP contribution in [0.2, 0.25) is 0 Å². The smallest absolute Gasteiger partial charge is 0.0178 e. The standard InChI is InChI=1S/C14H10.C12H10.C10H18.C10H12.C10H8.C6H12.C6H6/c1-2-6-12-10-14-8-4-3-7-13(14)9-11(12)5-1;1-3-7-11(8-4-1)12-9-5-2-6-10-12;3*1-2-6-10-8-4-3-7-9(10)5-1;2*1-2-4-6-5-3-1/h1-10H;1-10H;9-10H,1-8H2;1-2,5-6H,3-4,7-8H2;1-8H;1-6H2;1-6H. The van der Waals surface area contributed by atoms with Gasteiger partial charge in [-0.25, -0.2) is 0 Å². The second-order valence-electron chi connectivity index (χ2n) is 19.0. The van der Waals surface area contributed by atoms with Gasteiger partial charge in [-0.1, -0.05) is 308 Å². The molecule has 3 fully saturated rings. The van der Waals surface area contributed by atoms with Crippen LogP contribution in [0.1, 0.15) is 114 Å². The van der Waals surface area contributed by atoms with Crippen molar-refractivity contribution in [1.29, 1.82) is 0 Å². The number of hydrogen-bond acceptors (Lipinski definition) is 0. The van der Waals surface area contributed by atoms with Crippen LogP contribution in [0.3, 0.4) is 0 Å². The fraction of sp³-hybridized carbons (Fsp3) is 0.294. The van der Waals surface area contributed by atoms with Crippen molar-refractivity contribution in [2.45, 2.75) is 116 Å². The maximum atomic E-state index is 2.26. The summed E-state index contributed by atoms with van der Waals surface area (Å²) in [4.78, 5) is 0. The van der Waals surface area contributed by atoms with Crippen molar-refractivity contribution in [3.63, 3.8) is 0 Å². The van der Waals surface area contributed by atoms with Crippen LogP contribution in [0.4, 0.5) is 0 Å². The van der Waals surface area contributed by atoms with E-state index in [0.717, 1.165) is 11.8 Å². The first kappa shape index (κ1) is 49.7. The molecule has 0 heteroatoms. The topological polar surface area (TPSA) is 0 Å². The van der Waals surface area contributed by atoms with Crippen LogP contribution in [0.25, 0.3) is 43.4 Å². The van der Waals surface area contributed by atoms with Crippen molar-refractivity contribution in [2.75, 3.05) is 0 Å². The van der Waals surface area contributed by atoms with E-state index in [1.54, 1.807) is 36.8 Å². The molecule has 0 unspecified atom stereocenters. The van der Waals surface area contributed by atoms with Gasteiger partial charge < -0.3 is 0 Å². The van der Waals surface area contributed by atoms with E-state index in [0.29, 0.717) is 0 Å². The van der Waals surface area contributed by atoms with Gasteiger partial charge in [0, 0.05) is 0 Å². The lowest BCUT2D eigenvalue weighted by Gasteiger charge is -2.35. The van der Waals surface area contributed by atoms with E-state index in [-0.39, 0.29) is 0 Å². The highest BCUT2D eigenvalue weighted by molar-refractivity contribution is 5.98. The van der Waals surface area contributed by atoms with Crippen molar-refractivity contribution in [3.05, 3.63) is 242 Å². The fourth-order valence-corrected chi connectivity index (χ4v) is 10.3. The highest BCUT2D eigenvalue weighted by Gasteiger charge is 2.26. The Labute approximate surface area is 410 Å². The number of benzene rings is 9. The molecule has 0 heterocycles. The second kappa shape index (κ2) is 29.5. The molecule has 0 amide bonds. The van der Waals surface area contributed by atoms with Gasteiger partial charge in [-0.05, 0) is 104 Å². The quantitative estimate of drug-likeness (QED) is 0.144. The molecule has 0 radical (unpaired) electrons. The molecular weight excluding hydrogens is 817 g/mol. The summed E-state index contributed by atoms with van der Waals surface area (Å²) in [7, 11) is 0. The van der Waals surface area contributed by atoms with Gasteiger partial charge in [0.1, 0.15) is 0 Å². The van der Waals surface area contributed by atoms with Crippen molar-refractivity contribution in [3.8, 4) is 11.1 Å². The molecule has 4 aliphatic rings. The summed E-state index contributed by atoms with van der Waals surface area (Å²) in [6, 6.07) is 79.7. The maximum Gasteiger partial charge on any atom is -0.0178 e. The van der Waals surface area contributed by atoms with Crippen LogP contribution in [0, 0.1) is 11.8 Å². The van der Waals surface area contributed by atoms with Crippen molar-refractivity contribution >= 4 is 32.3 Å². The minimum atomic E-state index is 1.16. The minimum absolute atomic E-state index is 1.16. The molecule has 0 N–H and O–H groups in total. The lowest BCUT2D eigenvalue weighted by Crippen LogP contribution is -2.22. The summed E-state index contributed by atoms with van der Waals surface area (Å²) in [6.45, 7) is 0. The van der Waals surface area contributed by atoms with Crippen LogP contribution in [0.5, 0.6) is 0 Å². The Morgan fingerprint density at radius 2 is 0.441 bits per heavy atom. The Bertz CT molecular complexity index is 2400. The van der Waals surface area contributed by atoms with Crippen molar-refractivity contribution < 1.29 is 0 Å². The predicted molar refractivity (Wildman–Crippen MR) is 298 cm³/mol. The number of fused-ring (bicyclic) bond motifs is 5. The van der Waals surface area contributed by atoms with Gasteiger partial charge in [0.15, 0.2) is 0 Å². The molecule has 9 aromatic carbocycles. The van der Waals surface area contributed by atoms with E-state index >= 15 is 0 Å². The lowest BCUT2D eigenvalue weighted by molar-refractivity contribution is 0.171. The first-order valence-corrected chi connectivity index (χ1v) is 26.3. The average Bonchev–Trinajstić information content (AvgIpc) is 3.45. The summed E-state index contributed by atoms with van der Waals surface area (Å²) >= 11 is 0. The minimum Gasteiger partial charge on any atom is -0.0623 e. The van der Waals surface area contributed by atoms with Crippen molar-refractivity contribution in [2.24, 2.45) is 11.8 Å². The predicted octanol–water partition coefficient (Wildman–Crippen LogP) is 20.1. The van der Waals surface area contributed by atoms with Crippen LogP contribution in [0.15, 0.2) is 231 Å². The van der Waals surface area contributed by atoms with Crippen LogP contribution in [-0.2, 0) is 12.8 Å². The molecule has 68 heavy (non-hydrogen) atoms. The molecule has 4 aliphatic carbocycles. The number of aryl methyl sites for hydroxylation is 2. The lowest BCUT2D eigenvalue weighted by atomic mass is 9.71. The SMILES string of the molecule is C1CCC2CCCCC2C1.C1CCCCC1.c1ccc(-c2ccccc2)cc1.c1ccc2c(c1)CCCC2.c1ccc2cc3ccccc3cc2c1.c1ccc2ccccc2c1.c1ccccc1. The summed E-state index contributed by atoms with van der Waals surface area (Å²) < 4.78 is 0. The van der Waals surface area contributed by atoms with Gasteiger partial charge in [-0.2, -0.15) is 0 Å². The molecular formula is C68H76. The monoisotopic (exact) mass is 893 g/mol. The van der Waals surface area contributed by atoms with Crippen LogP contribution in [-0.4, -0.2) is 0 Å². The summed E-state index contributed by atoms with van der Waals surface area (Å²) in [5, 5.41) is 7.87. The van der Waals surface area contributed by atoms with Crippen LogP contribution < -0.4 is 0 Å². The molecule has 0 saturated heterocycles. The first-order chi connectivity index (χ1) is 33.8. The largest absolute Gasteiger partial charge is 0.0623 e.